The monoisotopic (exact) mass is 498 g/mol. The number of halogens is 3. The summed E-state index contributed by atoms with van der Waals surface area (Å²) in [7, 11) is 2.84. The van der Waals surface area contributed by atoms with Gasteiger partial charge in [0.15, 0.2) is 4.34 Å². The molecule has 0 unspecified atom stereocenters. The van der Waals surface area contributed by atoms with Gasteiger partial charge in [0.05, 0.1) is 31.2 Å². The second-order valence-corrected chi connectivity index (χ2v) is 8.44. The van der Waals surface area contributed by atoms with E-state index in [0.717, 1.165) is 29.2 Å². The Balaban J connectivity index is 1.61. The summed E-state index contributed by atoms with van der Waals surface area (Å²) in [6.45, 7) is 0. The van der Waals surface area contributed by atoms with Gasteiger partial charge in [-0.05, 0) is 24.3 Å². The molecule has 0 aliphatic rings. The van der Waals surface area contributed by atoms with E-state index >= 15 is 0 Å². The van der Waals surface area contributed by atoms with Crippen LogP contribution in [0.2, 0.25) is 0 Å². The van der Waals surface area contributed by atoms with Crippen molar-refractivity contribution in [2.45, 2.75) is 10.5 Å². The van der Waals surface area contributed by atoms with Gasteiger partial charge in [-0.1, -0.05) is 41.3 Å². The highest BCUT2D eigenvalue weighted by Gasteiger charge is 2.33. The number of benzene rings is 2. The van der Waals surface area contributed by atoms with Crippen molar-refractivity contribution in [3.63, 3.8) is 0 Å². The summed E-state index contributed by atoms with van der Waals surface area (Å²) in [6, 6.07) is 9.59. The van der Waals surface area contributed by atoms with E-state index < -0.39 is 23.6 Å². The van der Waals surface area contributed by atoms with Gasteiger partial charge in [-0.25, -0.2) is 0 Å². The highest BCUT2D eigenvalue weighted by Crippen LogP contribution is 2.35. The molecule has 0 radical (unpaired) electrons. The first-order valence-corrected chi connectivity index (χ1v) is 11.0. The Morgan fingerprint density at radius 1 is 1.00 bits per heavy atom. The van der Waals surface area contributed by atoms with Crippen molar-refractivity contribution in [3.8, 4) is 11.5 Å². The minimum Gasteiger partial charge on any atom is -0.496 e. The van der Waals surface area contributed by atoms with E-state index in [2.05, 4.69) is 20.8 Å². The summed E-state index contributed by atoms with van der Waals surface area (Å²) in [5.41, 5.74) is -1.09. The second-order valence-electron chi connectivity index (χ2n) is 6.24. The van der Waals surface area contributed by atoms with Crippen LogP contribution in [0.5, 0.6) is 11.5 Å². The molecule has 0 fully saturated rings. The lowest BCUT2D eigenvalue weighted by atomic mass is 10.1. The fraction of sp³-hybridized carbons (Fsp3) is 0.200. The predicted molar refractivity (Wildman–Crippen MR) is 118 cm³/mol. The van der Waals surface area contributed by atoms with E-state index in [9.17, 15) is 22.8 Å². The third kappa shape index (κ3) is 6.14. The van der Waals surface area contributed by atoms with Crippen LogP contribution in [0.4, 0.5) is 24.0 Å². The number of hydrogen-bond donors (Lipinski definition) is 2. The van der Waals surface area contributed by atoms with Gasteiger partial charge in [0.2, 0.25) is 11.0 Å². The number of nitrogens with one attached hydrogen (secondary N) is 2. The van der Waals surface area contributed by atoms with Crippen molar-refractivity contribution in [2.75, 3.05) is 30.6 Å². The summed E-state index contributed by atoms with van der Waals surface area (Å²) in [4.78, 5) is 24.8. The van der Waals surface area contributed by atoms with Crippen LogP contribution in [0.3, 0.4) is 0 Å². The van der Waals surface area contributed by atoms with Crippen LogP contribution in [-0.2, 0) is 11.0 Å². The number of hydrogen-bond acceptors (Lipinski definition) is 8. The molecule has 3 aromatic rings. The number of rotatable bonds is 8. The lowest BCUT2D eigenvalue weighted by Crippen LogP contribution is -2.18. The molecule has 0 saturated heterocycles. The van der Waals surface area contributed by atoms with Gasteiger partial charge in [-0.3, -0.25) is 14.9 Å². The molecule has 174 valence electrons. The van der Waals surface area contributed by atoms with Gasteiger partial charge in [-0.2, -0.15) is 13.2 Å². The molecule has 2 N–H and O–H groups in total. The second kappa shape index (κ2) is 10.5. The number of nitrogens with zero attached hydrogens (tertiary/aromatic N) is 2. The molecular formula is C20H17F3N4O4S2. The van der Waals surface area contributed by atoms with Crippen molar-refractivity contribution in [3.05, 3.63) is 53.6 Å². The predicted octanol–water partition coefficient (Wildman–Crippen LogP) is 4.56. The molecule has 0 bridgehead atoms. The molecular weight excluding hydrogens is 481 g/mol. The third-order valence-corrected chi connectivity index (χ3v) is 6.09. The van der Waals surface area contributed by atoms with E-state index in [-0.39, 0.29) is 22.1 Å². The molecule has 0 spiro atoms. The summed E-state index contributed by atoms with van der Waals surface area (Å²) >= 11 is 1.98. The van der Waals surface area contributed by atoms with Gasteiger partial charge >= 0.3 is 6.18 Å². The first kappa shape index (κ1) is 24.3. The van der Waals surface area contributed by atoms with Gasteiger partial charge in [0.25, 0.3) is 5.91 Å². The Morgan fingerprint density at radius 3 is 2.30 bits per heavy atom. The Bertz CT molecular complexity index is 1130. The molecule has 0 aliphatic heterocycles. The lowest BCUT2D eigenvalue weighted by Gasteiger charge is -2.13. The maximum absolute atomic E-state index is 13.1. The summed E-state index contributed by atoms with van der Waals surface area (Å²) in [5, 5.41) is 12.7. The zero-order valence-corrected chi connectivity index (χ0v) is 18.9. The molecule has 2 aromatic carbocycles. The Labute approximate surface area is 194 Å². The normalized spacial score (nSPS) is 11.1. The number of carbonyl (C=O) groups excluding carboxylic acids is 2. The number of amides is 2. The quantitative estimate of drug-likeness (QED) is 0.347. The molecule has 13 heteroatoms. The van der Waals surface area contributed by atoms with Crippen LogP contribution >= 0.6 is 23.1 Å². The molecule has 1 aromatic heterocycles. The summed E-state index contributed by atoms with van der Waals surface area (Å²) < 4.78 is 49.9. The fourth-order valence-electron chi connectivity index (χ4n) is 2.71. The van der Waals surface area contributed by atoms with Crippen molar-refractivity contribution in [2.24, 2.45) is 0 Å². The van der Waals surface area contributed by atoms with Gasteiger partial charge in [-0.15, -0.1) is 10.2 Å². The number of alkyl halides is 3. The van der Waals surface area contributed by atoms with Gasteiger partial charge < -0.3 is 14.8 Å². The van der Waals surface area contributed by atoms with Crippen LogP contribution < -0.4 is 20.1 Å². The average Bonchev–Trinajstić information content (AvgIpc) is 3.23. The molecule has 0 atom stereocenters. The maximum Gasteiger partial charge on any atom is 0.418 e. The number of anilines is 2. The number of carbonyl (C=O) groups is 2. The van der Waals surface area contributed by atoms with Crippen molar-refractivity contribution in [1.29, 1.82) is 0 Å². The smallest absolute Gasteiger partial charge is 0.418 e. The first-order valence-electron chi connectivity index (χ1n) is 9.17. The largest absolute Gasteiger partial charge is 0.496 e. The Hall–Kier alpha value is -3.32. The molecule has 1 heterocycles. The minimum atomic E-state index is -4.59. The summed E-state index contributed by atoms with van der Waals surface area (Å²) in [5.74, 6) is -0.756. The number of aromatic nitrogens is 2. The van der Waals surface area contributed by atoms with Gasteiger partial charge in [0.1, 0.15) is 17.1 Å². The SMILES string of the molecule is COc1cccc(OC)c1C(=O)Nc1nnc(SCC(=O)Nc2ccccc2C(F)(F)F)s1. The van der Waals surface area contributed by atoms with Crippen molar-refractivity contribution < 1.29 is 32.2 Å². The van der Waals surface area contributed by atoms with Crippen LogP contribution in [0, 0.1) is 0 Å². The van der Waals surface area contributed by atoms with Crippen LogP contribution in [0.1, 0.15) is 15.9 Å². The molecule has 0 aliphatic carbocycles. The maximum atomic E-state index is 13.1. The minimum absolute atomic E-state index is 0.165. The average molecular weight is 499 g/mol. The molecule has 3 rings (SSSR count). The third-order valence-electron chi connectivity index (χ3n) is 4.12. The van der Waals surface area contributed by atoms with Crippen LogP contribution in [0.15, 0.2) is 46.8 Å². The standard InChI is InChI=1S/C20H17F3N4O4S2/c1-30-13-8-5-9-14(31-2)16(13)17(29)25-18-26-27-19(33-18)32-10-15(28)24-12-7-4-3-6-11(12)20(21,22)23/h3-9H,10H2,1-2H3,(H,24,28)(H,25,26,29). The van der Waals surface area contributed by atoms with Crippen LogP contribution in [-0.4, -0.2) is 42.0 Å². The summed E-state index contributed by atoms with van der Waals surface area (Å²) in [6.07, 6.45) is -4.59. The van der Waals surface area contributed by atoms with Crippen LogP contribution in [0.25, 0.3) is 0 Å². The Kier molecular flexibility index (Phi) is 7.76. The van der Waals surface area contributed by atoms with E-state index in [1.54, 1.807) is 18.2 Å². The molecule has 8 nitrogen and oxygen atoms in total. The van der Waals surface area contributed by atoms with Crippen molar-refractivity contribution in [1.82, 2.24) is 10.2 Å². The zero-order chi connectivity index (χ0) is 24.0. The van der Waals surface area contributed by atoms with E-state index in [1.807, 2.05) is 0 Å². The number of ether oxygens (including phenoxy) is 2. The number of methoxy groups -OCH3 is 2. The molecule has 0 saturated carbocycles. The lowest BCUT2D eigenvalue weighted by molar-refractivity contribution is -0.137. The number of para-hydroxylation sites is 1. The van der Waals surface area contributed by atoms with Crippen molar-refractivity contribution >= 4 is 45.7 Å². The Morgan fingerprint density at radius 2 is 1.67 bits per heavy atom. The van der Waals surface area contributed by atoms with E-state index in [0.29, 0.717) is 15.8 Å². The topological polar surface area (TPSA) is 102 Å². The highest BCUT2D eigenvalue weighted by atomic mass is 32.2. The number of thioether (sulfide) groups is 1. The zero-order valence-electron chi connectivity index (χ0n) is 17.2. The highest BCUT2D eigenvalue weighted by molar-refractivity contribution is 8.01. The van der Waals surface area contributed by atoms with Gasteiger partial charge in [0, 0.05) is 0 Å². The van der Waals surface area contributed by atoms with E-state index in [1.165, 1.54) is 32.4 Å². The first-order chi connectivity index (χ1) is 15.7. The fourth-order valence-corrected chi connectivity index (χ4v) is 4.25. The molecule has 2 amide bonds. The molecule has 33 heavy (non-hydrogen) atoms. The van der Waals surface area contributed by atoms with E-state index in [4.69, 9.17) is 9.47 Å².